The van der Waals surface area contributed by atoms with E-state index in [-0.39, 0.29) is 6.00 Å². The Morgan fingerprint density at radius 2 is 1.75 bits per heavy atom. The summed E-state index contributed by atoms with van der Waals surface area (Å²) in [5.41, 5.74) is 0. The molecule has 142 valence electrons. The van der Waals surface area contributed by atoms with Crippen molar-refractivity contribution in [3.63, 3.8) is 0 Å². The van der Waals surface area contributed by atoms with Crippen LogP contribution in [0.15, 0.2) is 0 Å². The van der Waals surface area contributed by atoms with Gasteiger partial charge >= 0.3 is 23.5 Å². The summed E-state index contributed by atoms with van der Waals surface area (Å²) in [6, 6.07) is -0.116. The summed E-state index contributed by atoms with van der Waals surface area (Å²) in [5.74, 6) is 0. The lowest BCUT2D eigenvalue weighted by molar-refractivity contribution is -0.0206. The summed E-state index contributed by atoms with van der Waals surface area (Å²) in [4.78, 5) is 35.3. The molecule has 0 bridgehead atoms. The molecule has 1 fully saturated rings. The first kappa shape index (κ1) is 22.4. The molecule has 0 aromatic carbocycles. The molecule has 1 aliphatic rings. The van der Waals surface area contributed by atoms with Crippen molar-refractivity contribution in [2.24, 2.45) is 0 Å². The standard InChI is InChI=1S/C8H20BO12P3/c1-3-9-8-4-6(17-2)7(19-8)5-18-23(13,14)21-24(15,16)20-22(10,11)12/h6-9H,3-5H2,1-2H3,(H,13,14)(H,15,16)(H2,10,11,12)/t6-,7+,8+/m0/s1. The molecule has 1 saturated heterocycles. The third-order valence-corrected chi connectivity index (χ3v) is 6.81. The van der Waals surface area contributed by atoms with Gasteiger partial charge in [0.05, 0.1) is 12.7 Å². The predicted octanol–water partition coefficient (Wildman–Crippen LogP) is 0.334. The number of phosphoric ester groups is 1. The maximum Gasteiger partial charge on any atom is 0.490 e. The second-order valence-electron chi connectivity index (χ2n) is 4.98. The van der Waals surface area contributed by atoms with Crippen molar-refractivity contribution in [3.05, 3.63) is 0 Å². The zero-order chi connectivity index (χ0) is 18.6. The first-order valence-electron chi connectivity index (χ1n) is 6.84. The molecule has 2 unspecified atom stereocenters. The van der Waals surface area contributed by atoms with E-state index in [4.69, 9.17) is 24.2 Å². The van der Waals surface area contributed by atoms with E-state index in [1.54, 1.807) is 0 Å². The van der Waals surface area contributed by atoms with Crippen LogP contribution >= 0.6 is 23.5 Å². The van der Waals surface area contributed by atoms with Gasteiger partial charge in [-0.15, -0.1) is 0 Å². The van der Waals surface area contributed by atoms with Gasteiger partial charge in [-0.2, -0.15) is 8.62 Å². The maximum absolute atomic E-state index is 11.6. The van der Waals surface area contributed by atoms with E-state index in [0.29, 0.717) is 6.42 Å². The van der Waals surface area contributed by atoms with E-state index in [0.717, 1.165) is 13.6 Å². The molecule has 0 aliphatic carbocycles. The van der Waals surface area contributed by atoms with E-state index in [1.807, 2.05) is 6.92 Å². The molecule has 16 heteroatoms. The Labute approximate surface area is 139 Å². The Bertz CT molecular complexity index is 550. The van der Waals surface area contributed by atoms with E-state index < -0.39 is 42.3 Å². The Hall–Kier alpha value is 0.395. The maximum atomic E-state index is 11.6. The van der Waals surface area contributed by atoms with E-state index >= 15 is 0 Å². The van der Waals surface area contributed by atoms with Crippen LogP contribution in [0.2, 0.25) is 6.32 Å². The van der Waals surface area contributed by atoms with Crippen LogP contribution in [0.5, 0.6) is 0 Å². The number of hydrogen-bond acceptors (Lipinski definition) is 8. The van der Waals surface area contributed by atoms with Crippen molar-refractivity contribution in [2.45, 2.75) is 37.9 Å². The van der Waals surface area contributed by atoms with Gasteiger partial charge in [-0.25, -0.2) is 13.7 Å². The minimum atomic E-state index is -5.52. The highest BCUT2D eigenvalue weighted by molar-refractivity contribution is 7.66. The van der Waals surface area contributed by atoms with Crippen molar-refractivity contribution in [3.8, 4) is 0 Å². The Morgan fingerprint density at radius 3 is 2.25 bits per heavy atom. The summed E-state index contributed by atoms with van der Waals surface area (Å²) in [7, 11) is -13.9. The fourth-order valence-electron chi connectivity index (χ4n) is 2.17. The van der Waals surface area contributed by atoms with Crippen LogP contribution in [0.1, 0.15) is 13.3 Å². The molecule has 0 saturated carbocycles. The van der Waals surface area contributed by atoms with Crippen LogP contribution in [0.25, 0.3) is 0 Å². The number of methoxy groups -OCH3 is 1. The van der Waals surface area contributed by atoms with Gasteiger partial charge in [-0.3, -0.25) is 4.52 Å². The van der Waals surface area contributed by atoms with Gasteiger partial charge in [0.15, 0.2) is 7.28 Å². The second kappa shape index (κ2) is 8.86. The van der Waals surface area contributed by atoms with Gasteiger partial charge in [0.25, 0.3) is 0 Å². The minimum absolute atomic E-state index is 0.116. The van der Waals surface area contributed by atoms with Gasteiger partial charge in [0.2, 0.25) is 0 Å². The molecule has 0 aromatic heterocycles. The van der Waals surface area contributed by atoms with Crippen LogP contribution in [0.4, 0.5) is 0 Å². The average Bonchev–Trinajstić information content (AvgIpc) is 2.75. The Balaban J connectivity index is 2.60. The third kappa shape index (κ3) is 8.18. The molecule has 0 aromatic rings. The number of rotatable bonds is 10. The van der Waals surface area contributed by atoms with Crippen molar-refractivity contribution in [1.82, 2.24) is 0 Å². The van der Waals surface area contributed by atoms with Crippen molar-refractivity contribution in [1.29, 1.82) is 0 Å². The van der Waals surface area contributed by atoms with E-state index in [9.17, 15) is 18.6 Å². The normalized spacial score (nSPS) is 29.8. The summed E-state index contributed by atoms with van der Waals surface area (Å²) < 4.78 is 55.9. The van der Waals surface area contributed by atoms with Crippen molar-refractivity contribution >= 4 is 30.7 Å². The molecule has 12 nitrogen and oxygen atoms in total. The summed E-state index contributed by atoms with van der Waals surface area (Å²) in [6.07, 6.45) is 0.295. The molecule has 4 N–H and O–H groups in total. The number of hydrogen-bond donors (Lipinski definition) is 4. The molecule has 0 spiro atoms. The van der Waals surface area contributed by atoms with Crippen molar-refractivity contribution < 1.29 is 55.9 Å². The third-order valence-electron chi connectivity index (χ3n) is 3.01. The summed E-state index contributed by atoms with van der Waals surface area (Å²) in [6.45, 7) is 1.47. The monoisotopic (exact) mass is 412 g/mol. The van der Waals surface area contributed by atoms with Gasteiger partial charge in [0, 0.05) is 13.1 Å². The van der Waals surface area contributed by atoms with Crippen LogP contribution in [0.3, 0.4) is 0 Å². The summed E-state index contributed by atoms with van der Waals surface area (Å²) in [5, 5.41) is 0. The molecule has 5 atom stereocenters. The molecular formula is C8H20BO12P3. The molecule has 0 radical (unpaired) electrons. The number of ether oxygens (including phenoxy) is 2. The molecule has 24 heavy (non-hydrogen) atoms. The molecule has 0 amide bonds. The highest BCUT2D eigenvalue weighted by atomic mass is 31.3. The average molecular weight is 412 g/mol. The number of phosphoric acid groups is 3. The molecule has 1 rings (SSSR count). The zero-order valence-corrected chi connectivity index (χ0v) is 15.6. The topological polar surface area (TPSA) is 178 Å². The van der Waals surface area contributed by atoms with Crippen LogP contribution < -0.4 is 0 Å². The van der Waals surface area contributed by atoms with Crippen molar-refractivity contribution in [2.75, 3.05) is 13.7 Å². The molecular weight excluding hydrogens is 392 g/mol. The molecule has 1 aliphatic heterocycles. The van der Waals surface area contributed by atoms with E-state index in [2.05, 4.69) is 13.1 Å². The lowest BCUT2D eigenvalue weighted by Crippen LogP contribution is -2.28. The van der Waals surface area contributed by atoms with Crippen LogP contribution in [-0.2, 0) is 36.3 Å². The van der Waals surface area contributed by atoms with Crippen LogP contribution in [-0.4, -0.2) is 58.8 Å². The quantitative estimate of drug-likeness (QED) is 0.286. The second-order valence-corrected chi connectivity index (χ2v) is 9.40. The molecule has 1 heterocycles. The first-order chi connectivity index (χ1) is 10.9. The summed E-state index contributed by atoms with van der Waals surface area (Å²) >= 11 is 0. The van der Waals surface area contributed by atoms with E-state index in [1.165, 1.54) is 7.11 Å². The zero-order valence-electron chi connectivity index (χ0n) is 13.0. The SMILES string of the molecule is CCB[C@H]1C[C@H](OC)[C@@H](COP(=O)(O)OP(=O)(O)OP(=O)(O)O)O1. The predicted molar refractivity (Wildman–Crippen MR) is 81.5 cm³/mol. The highest BCUT2D eigenvalue weighted by Crippen LogP contribution is 2.66. The Kier molecular flexibility index (Phi) is 8.28. The minimum Gasteiger partial charge on any atom is -0.379 e. The lowest BCUT2D eigenvalue weighted by Gasteiger charge is -2.20. The first-order valence-corrected chi connectivity index (χ1v) is 11.4. The fourth-order valence-corrected chi connectivity index (χ4v) is 5.20. The smallest absolute Gasteiger partial charge is 0.379 e. The van der Waals surface area contributed by atoms with Crippen LogP contribution in [0, 0.1) is 0 Å². The Morgan fingerprint density at radius 1 is 1.12 bits per heavy atom. The van der Waals surface area contributed by atoms with Gasteiger partial charge < -0.3 is 29.0 Å². The fraction of sp³-hybridized carbons (Fsp3) is 1.00. The van der Waals surface area contributed by atoms with Gasteiger partial charge in [-0.1, -0.05) is 13.2 Å². The highest BCUT2D eigenvalue weighted by Gasteiger charge is 2.42. The van der Waals surface area contributed by atoms with Gasteiger partial charge in [-0.05, 0) is 6.42 Å². The largest absolute Gasteiger partial charge is 0.490 e. The lowest BCUT2D eigenvalue weighted by atomic mass is 9.68. The van der Waals surface area contributed by atoms with Gasteiger partial charge in [0.1, 0.15) is 6.10 Å².